The van der Waals surface area contributed by atoms with Crippen molar-refractivity contribution in [3.63, 3.8) is 0 Å². The van der Waals surface area contributed by atoms with Gasteiger partial charge in [0, 0.05) is 18.7 Å². The Hall–Kier alpha value is -3.39. The van der Waals surface area contributed by atoms with Gasteiger partial charge in [-0.25, -0.2) is 9.37 Å². The lowest BCUT2D eigenvalue weighted by Crippen LogP contribution is -2.39. The van der Waals surface area contributed by atoms with Crippen molar-refractivity contribution in [2.75, 3.05) is 17.2 Å². The average molecular weight is 372 g/mol. The number of benzene rings is 2. The second-order valence-electron chi connectivity index (χ2n) is 6.97. The van der Waals surface area contributed by atoms with E-state index in [9.17, 15) is 9.65 Å². The van der Waals surface area contributed by atoms with Gasteiger partial charge < -0.3 is 10.6 Å². The van der Waals surface area contributed by atoms with Gasteiger partial charge >= 0.3 is 0 Å². The van der Waals surface area contributed by atoms with Crippen molar-refractivity contribution >= 4 is 11.5 Å². The van der Waals surface area contributed by atoms with E-state index >= 15 is 0 Å². The van der Waals surface area contributed by atoms with Crippen LogP contribution >= 0.6 is 0 Å². The van der Waals surface area contributed by atoms with Crippen molar-refractivity contribution in [2.24, 2.45) is 0 Å². The molecular formula is C23H21FN4. The van der Waals surface area contributed by atoms with Crippen LogP contribution in [-0.2, 0) is 6.42 Å². The van der Waals surface area contributed by atoms with Crippen LogP contribution in [0.1, 0.15) is 29.0 Å². The fourth-order valence-corrected chi connectivity index (χ4v) is 3.86. The van der Waals surface area contributed by atoms with Crippen LogP contribution in [0.3, 0.4) is 0 Å². The first kappa shape index (κ1) is 18.0. The maximum atomic E-state index is 14.6. The molecule has 0 saturated carbocycles. The Morgan fingerprint density at radius 3 is 2.79 bits per heavy atom. The third-order valence-corrected chi connectivity index (χ3v) is 5.30. The fourth-order valence-electron chi connectivity index (χ4n) is 3.86. The van der Waals surface area contributed by atoms with E-state index in [1.54, 1.807) is 12.3 Å². The van der Waals surface area contributed by atoms with Gasteiger partial charge in [0.25, 0.3) is 0 Å². The molecule has 0 bridgehead atoms. The summed E-state index contributed by atoms with van der Waals surface area (Å²) in [6.07, 6.45) is 3.17. The molecule has 2 N–H and O–H groups in total. The molecule has 1 aromatic heterocycles. The van der Waals surface area contributed by atoms with Crippen LogP contribution in [-0.4, -0.2) is 17.6 Å². The molecule has 0 saturated heterocycles. The van der Waals surface area contributed by atoms with Crippen molar-refractivity contribution in [2.45, 2.75) is 24.8 Å². The summed E-state index contributed by atoms with van der Waals surface area (Å²) in [5, 5.41) is 16.2. The Balaban J connectivity index is 1.62. The molecule has 0 radical (unpaired) electrons. The van der Waals surface area contributed by atoms with E-state index in [1.165, 1.54) is 6.07 Å². The van der Waals surface area contributed by atoms with E-state index in [2.05, 4.69) is 21.7 Å². The molecule has 0 fully saturated rings. The minimum atomic E-state index is -0.199. The summed E-state index contributed by atoms with van der Waals surface area (Å²) in [6, 6.07) is 20.7. The Kier molecular flexibility index (Phi) is 5.20. The summed E-state index contributed by atoms with van der Waals surface area (Å²) in [4.78, 5) is 4.40. The van der Waals surface area contributed by atoms with E-state index in [4.69, 9.17) is 0 Å². The first-order chi connectivity index (χ1) is 13.8. The van der Waals surface area contributed by atoms with Crippen molar-refractivity contribution in [1.29, 1.82) is 5.26 Å². The zero-order valence-electron chi connectivity index (χ0n) is 15.4. The van der Waals surface area contributed by atoms with Gasteiger partial charge in [-0.15, -0.1) is 0 Å². The summed E-state index contributed by atoms with van der Waals surface area (Å²) in [5.41, 5.74) is 3.32. The third kappa shape index (κ3) is 3.67. The quantitative estimate of drug-likeness (QED) is 0.681. The highest BCUT2D eigenvalue weighted by Crippen LogP contribution is 2.33. The molecule has 0 aliphatic carbocycles. The molecule has 4 nitrogen and oxygen atoms in total. The number of anilines is 2. The van der Waals surface area contributed by atoms with Crippen LogP contribution < -0.4 is 10.6 Å². The molecule has 0 spiro atoms. The molecule has 2 atom stereocenters. The first-order valence-electron chi connectivity index (χ1n) is 9.44. The van der Waals surface area contributed by atoms with Crippen LogP contribution in [0, 0.1) is 17.1 Å². The highest BCUT2D eigenvalue weighted by Gasteiger charge is 2.29. The predicted octanol–water partition coefficient (Wildman–Crippen LogP) is 4.71. The minimum Gasteiger partial charge on any atom is -0.380 e. The van der Waals surface area contributed by atoms with Crippen LogP contribution in [0.15, 0.2) is 66.9 Å². The SMILES string of the molecule is N#Cc1ccccc1CC[C@H](c1ccccc1F)[C@H]1CNc2cccnc2N1. The molecule has 3 aromatic rings. The number of hydrogen-bond donors (Lipinski definition) is 2. The van der Waals surface area contributed by atoms with E-state index < -0.39 is 0 Å². The smallest absolute Gasteiger partial charge is 0.149 e. The van der Waals surface area contributed by atoms with E-state index in [0.29, 0.717) is 24.1 Å². The molecule has 1 aliphatic heterocycles. The van der Waals surface area contributed by atoms with Crippen LogP contribution in [0.5, 0.6) is 0 Å². The summed E-state index contributed by atoms with van der Waals surface area (Å²) >= 11 is 0. The molecule has 1 aliphatic rings. The number of aromatic nitrogens is 1. The standard InChI is InChI=1S/C23H21FN4/c24-20-9-4-3-8-18(20)19(12-11-16-6-1-2-7-17(16)14-25)22-15-27-21-10-5-13-26-23(21)28-22/h1-10,13,19,22,27H,11-12,15H2,(H,26,28)/t19-,22-/m1/s1. The molecular weight excluding hydrogens is 351 g/mol. The highest BCUT2D eigenvalue weighted by atomic mass is 19.1. The molecule has 0 unspecified atom stereocenters. The number of nitrogens with zero attached hydrogens (tertiary/aromatic N) is 2. The highest BCUT2D eigenvalue weighted by molar-refractivity contribution is 5.67. The molecule has 0 amide bonds. The number of halogens is 1. The summed E-state index contributed by atoms with van der Waals surface area (Å²) in [5.74, 6) is 0.530. The second-order valence-corrected chi connectivity index (χ2v) is 6.97. The Bertz CT molecular complexity index is 1010. The van der Waals surface area contributed by atoms with Crippen LogP contribution in [0.2, 0.25) is 0 Å². The monoisotopic (exact) mass is 372 g/mol. The zero-order chi connectivity index (χ0) is 19.3. The van der Waals surface area contributed by atoms with Crippen molar-refractivity contribution in [3.05, 3.63) is 89.4 Å². The molecule has 2 heterocycles. The van der Waals surface area contributed by atoms with Crippen molar-refractivity contribution < 1.29 is 4.39 Å². The normalized spacial score (nSPS) is 16.2. The van der Waals surface area contributed by atoms with E-state index in [1.807, 2.05) is 48.5 Å². The number of pyridine rings is 1. The zero-order valence-corrected chi connectivity index (χ0v) is 15.4. The molecule has 2 aromatic carbocycles. The van der Waals surface area contributed by atoms with Crippen LogP contribution in [0.4, 0.5) is 15.9 Å². The van der Waals surface area contributed by atoms with E-state index in [-0.39, 0.29) is 17.8 Å². The number of nitriles is 1. The van der Waals surface area contributed by atoms with Gasteiger partial charge in [0.05, 0.1) is 23.4 Å². The lowest BCUT2D eigenvalue weighted by atomic mass is 9.84. The third-order valence-electron chi connectivity index (χ3n) is 5.30. The second kappa shape index (κ2) is 8.10. The largest absolute Gasteiger partial charge is 0.380 e. The molecule has 140 valence electrons. The number of nitrogens with one attached hydrogen (secondary N) is 2. The first-order valence-corrected chi connectivity index (χ1v) is 9.44. The van der Waals surface area contributed by atoms with Crippen molar-refractivity contribution in [3.8, 4) is 6.07 Å². The number of rotatable bonds is 5. The van der Waals surface area contributed by atoms with Gasteiger partial charge in [-0.2, -0.15) is 5.26 Å². The van der Waals surface area contributed by atoms with Gasteiger partial charge in [-0.3, -0.25) is 0 Å². The minimum absolute atomic E-state index is 0.00597. The lowest BCUT2D eigenvalue weighted by molar-refractivity contribution is 0.501. The Labute approximate surface area is 164 Å². The average Bonchev–Trinajstić information content (AvgIpc) is 2.75. The van der Waals surface area contributed by atoms with Gasteiger partial charge in [-0.1, -0.05) is 36.4 Å². The van der Waals surface area contributed by atoms with Crippen LogP contribution in [0.25, 0.3) is 0 Å². The maximum Gasteiger partial charge on any atom is 0.149 e. The number of hydrogen-bond acceptors (Lipinski definition) is 4. The van der Waals surface area contributed by atoms with Gasteiger partial charge in [0.1, 0.15) is 11.6 Å². The predicted molar refractivity (Wildman–Crippen MR) is 109 cm³/mol. The number of aryl methyl sites for hydroxylation is 1. The summed E-state index contributed by atoms with van der Waals surface area (Å²) < 4.78 is 14.6. The topological polar surface area (TPSA) is 60.7 Å². The summed E-state index contributed by atoms with van der Waals surface area (Å²) in [7, 11) is 0. The Morgan fingerprint density at radius 2 is 1.93 bits per heavy atom. The maximum absolute atomic E-state index is 14.6. The number of fused-ring (bicyclic) bond motifs is 1. The van der Waals surface area contributed by atoms with Gasteiger partial charge in [0.15, 0.2) is 0 Å². The fraction of sp³-hybridized carbons (Fsp3) is 0.217. The van der Waals surface area contributed by atoms with Gasteiger partial charge in [0.2, 0.25) is 0 Å². The lowest BCUT2D eigenvalue weighted by Gasteiger charge is -2.34. The molecule has 5 heteroatoms. The summed E-state index contributed by atoms with van der Waals surface area (Å²) in [6.45, 7) is 0.678. The molecule has 28 heavy (non-hydrogen) atoms. The molecule has 4 rings (SSSR count). The van der Waals surface area contributed by atoms with E-state index in [0.717, 1.165) is 23.5 Å². The Morgan fingerprint density at radius 1 is 1.11 bits per heavy atom. The van der Waals surface area contributed by atoms with Gasteiger partial charge in [-0.05, 0) is 48.2 Å². The van der Waals surface area contributed by atoms with Crippen molar-refractivity contribution in [1.82, 2.24) is 4.98 Å².